The Kier molecular flexibility index (Phi) is 30.2. The van der Waals surface area contributed by atoms with Crippen molar-refractivity contribution in [2.45, 2.75) is 150 Å². The molecule has 11 amide bonds. The summed E-state index contributed by atoms with van der Waals surface area (Å²) < 4.78 is 16.2. The Morgan fingerprint density at radius 1 is 0.707 bits per heavy atom. The fraction of sp³-hybridized carbons (Fsp3) is 0.554. The first kappa shape index (κ1) is 74.5. The fourth-order valence-electron chi connectivity index (χ4n) is 9.66. The highest BCUT2D eigenvalue weighted by Crippen LogP contribution is 2.27. The van der Waals surface area contributed by atoms with Crippen molar-refractivity contribution in [3.05, 3.63) is 65.7 Å². The van der Waals surface area contributed by atoms with Gasteiger partial charge in [0.15, 0.2) is 12.2 Å². The molecule has 506 valence electrons. The number of hydrogen-bond acceptors (Lipinski definition) is 23. The predicted octanol–water partition coefficient (Wildman–Crippen LogP) is -7.61. The van der Waals surface area contributed by atoms with Crippen LogP contribution >= 0.6 is 21.6 Å². The summed E-state index contributed by atoms with van der Waals surface area (Å²) in [7, 11) is 1.91. The molecular formula is C56H81N15O19S2. The highest BCUT2D eigenvalue weighted by atomic mass is 33.1. The van der Waals surface area contributed by atoms with E-state index < -0.39 is 182 Å². The van der Waals surface area contributed by atoms with Crippen LogP contribution in [0.5, 0.6) is 5.75 Å². The van der Waals surface area contributed by atoms with Gasteiger partial charge in [0.25, 0.3) is 0 Å². The van der Waals surface area contributed by atoms with Gasteiger partial charge >= 0.3 is 5.97 Å². The Morgan fingerprint density at radius 2 is 1.32 bits per heavy atom. The summed E-state index contributed by atoms with van der Waals surface area (Å²) in [5.74, 6) is -11.7. The van der Waals surface area contributed by atoms with Gasteiger partial charge in [0, 0.05) is 50.3 Å². The molecule has 13 atom stereocenters. The van der Waals surface area contributed by atoms with Crippen LogP contribution in [0.15, 0.2) is 59.6 Å². The first-order valence-electron chi connectivity index (χ1n) is 29.3. The Bertz CT molecular complexity index is 2930. The second-order valence-corrected chi connectivity index (χ2v) is 24.3. The average molecular weight is 1330 g/mol. The molecule has 36 heteroatoms. The van der Waals surface area contributed by atoms with Crippen LogP contribution in [-0.2, 0) is 79.8 Å². The predicted molar refractivity (Wildman–Crippen MR) is 328 cm³/mol. The van der Waals surface area contributed by atoms with Gasteiger partial charge in [0.1, 0.15) is 72.5 Å². The maximum atomic E-state index is 14.7. The summed E-state index contributed by atoms with van der Waals surface area (Å²) in [5, 5.41) is 57.4. The number of aliphatic hydroxyl groups excluding tert-OH is 4. The molecule has 3 fully saturated rings. The molecule has 0 saturated carbocycles. The second kappa shape index (κ2) is 37.3. The molecule has 0 aliphatic carbocycles. The maximum absolute atomic E-state index is 14.7. The number of carbonyl (C=O) groups is 12. The lowest BCUT2D eigenvalue weighted by Gasteiger charge is -2.39. The normalized spacial score (nSPS) is 25.6. The van der Waals surface area contributed by atoms with Crippen molar-refractivity contribution in [2.24, 2.45) is 39.4 Å². The number of esters is 1. The number of ether oxygens (including phenoxy) is 3. The lowest BCUT2D eigenvalue weighted by Crippen LogP contribution is -2.61. The zero-order chi connectivity index (χ0) is 67.6. The summed E-state index contributed by atoms with van der Waals surface area (Å²) >= 11 is 0. The topological polar surface area (TPSA) is 569 Å². The van der Waals surface area contributed by atoms with Crippen LogP contribution in [-0.4, -0.2) is 226 Å². The quantitative estimate of drug-likeness (QED) is 0.0104. The monoisotopic (exact) mass is 1330 g/mol. The summed E-state index contributed by atoms with van der Waals surface area (Å²) in [4.78, 5) is 168. The van der Waals surface area contributed by atoms with Crippen molar-refractivity contribution in [1.29, 1.82) is 0 Å². The first-order chi connectivity index (χ1) is 43.7. The fourth-order valence-corrected chi connectivity index (χ4v) is 11.9. The number of aliphatic hydroxyl groups is 4. The molecule has 5 rings (SSSR count). The van der Waals surface area contributed by atoms with E-state index in [0.717, 1.165) is 26.5 Å². The highest BCUT2D eigenvalue weighted by molar-refractivity contribution is 8.76. The van der Waals surface area contributed by atoms with Crippen molar-refractivity contribution >= 4 is 98.5 Å². The summed E-state index contributed by atoms with van der Waals surface area (Å²) in [6, 6.07) is 2.10. The number of nitrogens with two attached hydrogens (primary N) is 6. The molecule has 3 aliphatic heterocycles. The molecule has 92 heavy (non-hydrogen) atoms. The number of amides is 11. The lowest BCUT2D eigenvalue weighted by atomic mass is 9.99. The number of likely N-dealkylation sites (tertiary alicyclic amines) is 1. The van der Waals surface area contributed by atoms with Crippen LogP contribution < -0.4 is 76.4 Å². The molecule has 2 aromatic rings. The van der Waals surface area contributed by atoms with Gasteiger partial charge in [0.2, 0.25) is 65.0 Å². The second-order valence-electron chi connectivity index (χ2n) is 21.7. The van der Waals surface area contributed by atoms with Gasteiger partial charge in [-0.2, -0.15) is 0 Å². The van der Waals surface area contributed by atoms with Gasteiger partial charge in [-0.25, -0.2) is 0 Å². The van der Waals surface area contributed by atoms with E-state index in [1.54, 1.807) is 30.3 Å². The Balaban J connectivity index is 1.41. The van der Waals surface area contributed by atoms with E-state index in [-0.39, 0.29) is 94.3 Å². The molecule has 0 spiro atoms. The van der Waals surface area contributed by atoms with Gasteiger partial charge in [0.05, 0.1) is 32.2 Å². The van der Waals surface area contributed by atoms with E-state index in [1.165, 1.54) is 24.3 Å². The zero-order valence-electron chi connectivity index (χ0n) is 50.0. The molecule has 3 heterocycles. The molecule has 2 aromatic carbocycles. The minimum absolute atomic E-state index is 0.0263. The van der Waals surface area contributed by atoms with Crippen molar-refractivity contribution in [1.82, 2.24) is 42.1 Å². The average Bonchev–Trinajstić information content (AvgIpc) is 1.49. The molecule has 3 aliphatic rings. The van der Waals surface area contributed by atoms with E-state index in [4.69, 9.17) is 48.6 Å². The van der Waals surface area contributed by atoms with E-state index in [0.29, 0.717) is 11.1 Å². The van der Waals surface area contributed by atoms with E-state index >= 15 is 0 Å². The number of benzene rings is 2. The summed E-state index contributed by atoms with van der Waals surface area (Å²) in [6.07, 6.45) is -9.45. The number of guanidine groups is 1. The van der Waals surface area contributed by atoms with Crippen LogP contribution in [0.25, 0.3) is 0 Å². The third-order valence-corrected chi connectivity index (χ3v) is 17.0. The van der Waals surface area contributed by atoms with Crippen LogP contribution in [0.2, 0.25) is 0 Å². The molecular weight excluding hydrogens is 1250 g/mol. The number of carbonyl (C=O) groups excluding carboxylic acids is 12. The number of nitrogens with zero attached hydrogens (tertiary/aromatic N) is 2. The number of nitrogens with one attached hydrogen (secondary N) is 7. The molecule has 0 bridgehead atoms. The summed E-state index contributed by atoms with van der Waals surface area (Å²) in [5.41, 5.74) is 34.5. The highest BCUT2D eigenvalue weighted by Gasteiger charge is 2.45. The molecule has 34 nitrogen and oxygen atoms in total. The number of hydrogen-bond donors (Lipinski definition) is 17. The van der Waals surface area contributed by atoms with Crippen molar-refractivity contribution < 1.29 is 92.2 Å². The SMILES string of the molecule is NC(=O)CC[C@@H]1NC(=O)[C@H](Cc2ccccc2)NC(=O)C(Cc2ccc(OC(=O)CCCO[C@@H]3O[C@H](CO)[C@H](O)[C@H](O)[C@H]3O)cc2)NC(=O)[C@@H](N)CSSC[C@@H](C(=O)N2CCC[C@H]2C(=O)N[C@@H](CCCN=C(N)N)C(=O)NCC(N)=O)NC(=O)C(CC(N)=O)NC1=O. The van der Waals surface area contributed by atoms with Crippen molar-refractivity contribution in [2.75, 3.05) is 44.4 Å². The molecule has 23 N–H and O–H groups in total. The number of aliphatic imine (C=N–C) groups is 1. The summed E-state index contributed by atoms with van der Waals surface area (Å²) in [6.45, 7) is -1.35. The van der Waals surface area contributed by atoms with E-state index in [2.05, 4.69) is 42.2 Å². The minimum Gasteiger partial charge on any atom is -0.427 e. The van der Waals surface area contributed by atoms with Gasteiger partial charge in [-0.05, 0) is 61.8 Å². The van der Waals surface area contributed by atoms with E-state index in [1.807, 2.05) is 0 Å². The van der Waals surface area contributed by atoms with Gasteiger partial charge in [-0.3, -0.25) is 62.5 Å². The van der Waals surface area contributed by atoms with Gasteiger partial charge < -0.3 is 111 Å². The molecule has 3 saturated heterocycles. The molecule has 0 aromatic heterocycles. The maximum Gasteiger partial charge on any atom is 0.311 e. The van der Waals surface area contributed by atoms with E-state index in [9.17, 15) is 78.0 Å². The van der Waals surface area contributed by atoms with Crippen molar-refractivity contribution in [3.63, 3.8) is 0 Å². The molecule has 0 radical (unpaired) electrons. The zero-order valence-corrected chi connectivity index (χ0v) is 51.7. The largest absolute Gasteiger partial charge is 0.427 e. The Morgan fingerprint density at radius 3 is 1.95 bits per heavy atom. The third kappa shape index (κ3) is 24.1. The standard InChI is InChI=1S/C56H81N15O19S2/c57-31-26-91-92-27-37(54(87)71-19-5-10-38(71)53(86)66-32(9-4-18-63-56(61)62)48(81)64-24-42(60)75)70-52(85)36(23-41(59)74)69-49(82)33(16-17-40(58)73)65-50(83)35(21-28-7-2-1-3-8-28)68-51(84)34(67-47(31)80)22-29-12-14-30(15-13-29)89-43(76)11-6-20-88-55-46(79)45(78)44(77)39(25-72)90-55/h1-3,7-8,12-15,31-39,44-46,55,72,77-79H,4-6,9-11,16-27,57H2,(H2,58,73)(H2,59,74)(H2,60,75)(H,64,81)(H,65,83)(H,66,86)(H,67,80)(H,68,84)(H,69,82)(H,70,85)(H4,61,62,63)/t31-,32-,33-,34?,35-,36?,37-,38-,39+,44-,45-,46+,55+/m0/s1. The van der Waals surface area contributed by atoms with Crippen LogP contribution in [0.1, 0.15) is 68.9 Å². The number of rotatable bonds is 26. The van der Waals surface area contributed by atoms with Crippen molar-refractivity contribution in [3.8, 4) is 5.75 Å². The lowest BCUT2D eigenvalue weighted by molar-refractivity contribution is -0.301. The van der Waals surface area contributed by atoms with Gasteiger partial charge in [-0.1, -0.05) is 64.1 Å². The first-order valence-corrected chi connectivity index (χ1v) is 31.8. The smallest absolute Gasteiger partial charge is 0.311 e. The van der Waals surface area contributed by atoms with Crippen LogP contribution in [0.4, 0.5) is 0 Å². The van der Waals surface area contributed by atoms with Crippen LogP contribution in [0, 0.1) is 0 Å². The van der Waals surface area contributed by atoms with Gasteiger partial charge in [-0.15, -0.1) is 0 Å². The minimum atomic E-state index is -1.84. The Hall–Kier alpha value is -8.23. The third-order valence-electron chi connectivity index (χ3n) is 14.5. The number of primary amides is 3. The Labute approximate surface area is 535 Å². The van der Waals surface area contributed by atoms with Crippen LogP contribution in [0.3, 0.4) is 0 Å². The molecule has 2 unspecified atom stereocenters.